The molecule has 2 saturated carbocycles. The molecule has 2 aromatic carbocycles. The molecule has 5 aliphatic rings. The molecule has 0 spiro atoms. The maximum atomic E-state index is 5.60. The van der Waals surface area contributed by atoms with Crippen LogP contribution in [0.1, 0.15) is 88.8 Å². The van der Waals surface area contributed by atoms with Crippen molar-refractivity contribution in [3.63, 3.8) is 0 Å². The van der Waals surface area contributed by atoms with Gasteiger partial charge in [0.1, 0.15) is 0 Å². The molecule has 7 unspecified atom stereocenters. The Bertz CT molecular complexity index is 1460. The summed E-state index contributed by atoms with van der Waals surface area (Å²) in [5.41, 5.74) is 8.64. The van der Waals surface area contributed by atoms with Crippen LogP contribution in [0.25, 0.3) is 0 Å². The number of aryl methyl sites for hydroxylation is 1. The molecule has 0 heterocycles. The Morgan fingerprint density at radius 2 is 1.59 bits per heavy atom. The van der Waals surface area contributed by atoms with Gasteiger partial charge in [0.15, 0.2) is 0 Å². The van der Waals surface area contributed by atoms with E-state index in [0.717, 1.165) is 24.2 Å². The zero-order valence-corrected chi connectivity index (χ0v) is 29.8. The molecule has 2 aromatic rings. The molecule has 7 rings (SSSR count). The van der Waals surface area contributed by atoms with Crippen LogP contribution in [0.4, 0.5) is 0 Å². The average molecular weight is 668 g/mol. The second kappa shape index (κ2) is 11.2. The number of hydrogen-bond donors (Lipinski definition) is 0. The molecule has 5 aliphatic carbocycles. The zero-order valence-electron chi connectivity index (χ0n) is 25.7. The first-order chi connectivity index (χ1) is 18.7. The monoisotopic (exact) mass is 665 g/mol. The van der Waals surface area contributed by atoms with Gasteiger partial charge in [-0.05, 0) is 0 Å². The maximum absolute atomic E-state index is 5.60. The molecule has 0 saturated heterocycles. The third-order valence-corrected chi connectivity index (χ3v) is 26.4. The van der Waals surface area contributed by atoms with E-state index in [0.29, 0.717) is 11.8 Å². The Morgan fingerprint density at radius 3 is 2.27 bits per heavy atom. The third kappa shape index (κ3) is 4.25. The van der Waals surface area contributed by atoms with Crippen LogP contribution in [0.15, 0.2) is 81.2 Å². The first-order valence-electron chi connectivity index (χ1n) is 15.8. The predicted molar refractivity (Wildman–Crippen MR) is 179 cm³/mol. The molecule has 0 bridgehead atoms. The molecule has 0 nitrogen and oxygen atoms in total. The Morgan fingerprint density at radius 1 is 0.902 bits per heavy atom. The van der Waals surface area contributed by atoms with Crippen molar-refractivity contribution in [2.45, 2.75) is 88.6 Å². The zero-order chi connectivity index (χ0) is 27.2. The van der Waals surface area contributed by atoms with Crippen molar-refractivity contribution in [2.24, 2.45) is 29.1 Å². The van der Waals surface area contributed by atoms with Gasteiger partial charge in [0, 0.05) is 0 Å². The van der Waals surface area contributed by atoms with Gasteiger partial charge in [-0.2, -0.15) is 0 Å². The summed E-state index contributed by atoms with van der Waals surface area (Å²) in [4.78, 5) is 0. The normalized spacial score (nSPS) is 34.2. The summed E-state index contributed by atoms with van der Waals surface area (Å²) in [6, 6.07) is 19.3. The van der Waals surface area contributed by atoms with Crippen LogP contribution in [0.5, 0.6) is 0 Å². The van der Waals surface area contributed by atoms with Gasteiger partial charge < -0.3 is 0 Å². The summed E-state index contributed by atoms with van der Waals surface area (Å²) in [5.74, 6) is 3.76. The predicted octanol–water partition coefficient (Wildman–Crippen LogP) is 10.2. The van der Waals surface area contributed by atoms with E-state index in [1.54, 1.807) is 17.7 Å². The van der Waals surface area contributed by atoms with E-state index in [1.807, 2.05) is 11.1 Å². The summed E-state index contributed by atoms with van der Waals surface area (Å²) in [6.07, 6.45) is 16.6. The van der Waals surface area contributed by atoms with Gasteiger partial charge in [0.2, 0.25) is 0 Å². The van der Waals surface area contributed by atoms with Gasteiger partial charge in [-0.1, -0.05) is 0 Å². The van der Waals surface area contributed by atoms with Crippen LogP contribution in [-0.4, -0.2) is 4.21 Å². The van der Waals surface area contributed by atoms with E-state index in [1.165, 1.54) is 44.1 Å². The molecule has 7 atom stereocenters. The van der Waals surface area contributed by atoms with Crippen LogP contribution in [-0.2, 0) is 26.2 Å². The SMILES string of the molecule is Cl.Cl.[CH2]=[Zr]([C]1=CC=CC1)([c]1ccc(C)cc1)[C]1(C)C2=C3Cc4ccccc4C3C3CCCCC3C2CC(C)C1(C)C. The molecule has 41 heavy (non-hydrogen) atoms. The van der Waals surface area contributed by atoms with E-state index in [2.05, 4.69) is 101 Å². The molecule has 2 fully saturated rings. The van der Waals surface area contributed by atoms with Gasteiger partial charge >= 0.3 is 243 Å². The number of halogens is 2. The standard InChI is InChI=1S/C25H33.C7H7.C5H5.CH2.2ClH.Zr/c1-15-13-21-19-11-7-8-12-20(19)24-18-10-6-5-9-17(18)14-22(24)23(21)16(2)25(15,3)4;1-7-5-3-2-4-6-7;1-2-4-5-3-1;;;;/h5-6,9-10,15,19-21,24H,7-8,11-14H2,1-4H3;3-6H,1H3;1-3H,4H2;1H2;2*1H;. The summed E-state index contributed by atoms with van der Waals surface area (Å²) in [6.45, 7) is 12.9. The Kier molecular flexibility index (Phi) is 8.56. The fourth-order valence-corrected chi connectivity index (χ4v) is 23.6. The van der Waals surface area contributed by atoms with Gasteiger partial charge in [-0.25, -0.2) is 0 Å². The second-order valence-corrected chi connectivity index (χ2v) is 24.5. The third-order valence-electron chi connectivity index (χ3n) is 13.1. The van der Waals surface area contributed by atoms with Crippen molar-refractivity contribution in [3.8, 4) is 0 Å². The van der Waals surface area contributed by atoms with E-state index in [-0.39, 0.29) is 33.4 Å². The first-order valence-corrected chi connectivity index (χ1v) is 21.2. The Labute approximate surface area is 265 Å². The van der Waals surface area contributed by atoms with Crippen LogP contribution in [0, 0.1) is 36.0 Å². The van der Waals surface area contributed by atoms with Crippen molar-refractivity contribution < 1.29 is 19.8 Å². The minimum atomic E-state index is -3.55. The molecule has 3 heteroatoms. The fraction of sp³-hybridized carbons (Fsp3) is 0.500. The van der Waals surface area contributed by atoms with E-state index in [4.69, 9.17) is 4.21 Å². The van der Waals surface area contributed by atoms with Crippen LogP contribution in [0.2, 0.25) is 3.12 Å². The molecule has 0 amide bonds. The Balaban J connectivity index is 0.00000169. The molecule has 0 N–H and O–H groups in total. The first kappa shape index (κ1) is 31.4. The fourth-order valence-electron chi connectivity index (χ4n) is 10.5. The second-order valence-electron chi connectivity index (χ2n) is 14.6. The van der Waals surface area contributed by atoms with Crippen molar-refractivity contribution in [1.82, 2.24) is 0 Å². The van der Waals surface area contributed by atoms with Crippen molar-refractivity contribution in [3.05, 3.63) is 97.9 Å². The van der Waals surface area contributed by atoms with Crippen LogP contribution in [0.3, 0.4) is 0 Å². The van der Waals surface area contributed by atoms with E-state index >= 15 is 0 Å². The molecular weight excluding hydrogens is 619 g/mol. The number of hydrogen-bond acceptors (Lipinski definition) is 0. The van der Waals surface area contributed by atoms with E-state index in [9.17, 15) is 0 Å². The molecule has 0 aromatic heterocycles. The molecule has 0 aliphatic heterocycles. The number of allylic oxidation sites excluding steroid dienone is 6. The topological polar surface area (TPSA) is 0 Å². The summed E-state index contributed by atoms with van der Waals surface area (Å²) in [7, 11) is 0. The summed E-state index contributed by atoms with van der Waals surface area (Å²) < 4.78 is 9.04. The molecular formula is C38H49Cl2Zr. The van der Waals surface area contributed by atoms with E-state index < -0.39 is 19.8 Å². The average Bonchev–Trinajstić information content (AvgIpc) is 3.61. The number of benzene rings is 2. The van der Waals surface area contributed by atoms with Crippen LogP contribution < -0.4 is 3.27 Å². The molecule has 0 radical (unpaired) electrons. The summed E-state index contributed by atoms with van der Waals surface area (Å²) in [5, 5.41) is 0. The molecule has 219 valence electrons. The Hall–Kier alpha value is -1.01. The van der Waals surface area contributed by atoms with Crippen LogP contribution >= 0.6 is 24.8 Å². The van der Waals surface area contributed by atoms with Crippen molar-refractivity contribution in [1.29, 1.82) is 0 Å². The van der Waals surface area contributed by atoms with Crippen molar-refractivity contribution in [2.75, 3.05) is 0 Å². The van der Waals surface area contributed by atoms with Gasteiger partial charge in [-0.3, -0.25) is 0 Å². The summed E-state index contributed by atoms with van der Waals surface area (Å²) >= 11 is -3.55. The van der Waals surface area contributed by atoms with Crippen molar-refractivity contribution >= 4 is 32.3 Å². The van der Waals surface area contributed by atoms with Gasteiger partial charge in [0.25, 0.3) is 0 Å². The number of fused-ring (bicyclic) bond motifs is 7. The minimum absolute atomic E-state index is 0. The quantitative estimate of drug-likeness (QED) is 0.286. The number of rotatable bonds is 3. The van der Waals surface area contributed by atoms with Gasteiger partial charge in [0.05, 0.1) is 0 Å². The van der Waals surface area contributed by atoms with Gasteiger partial charge in [-0.15, -0.1) is 24.8 Å².